The highest BCUT2D eigenvalue weighted by molar-refractivity contribution is 5.40. The zero-order chi connectivity index (χ0) is 24.7. The number of aromatic nitrogens is 2. The van der Waals surface area contributed by atoms with Crippen LogP contribution in [-0.4, -0.2) is 67.5 Å². The number of aliphatic hydroxyl groups is 4. The van der Waals surface area contributed by atoms with Gasteiger partial charge in [0, 0.05) is 6.42 Å². The minimum absolute atomic E-state index is 0.171. The molecule has 11 heteroatoms. The van der Waals surface area contributed by atoms with E-state index in [4.69, 9.17) is 9.47 Å². The number of nitrogens with zero attached hydrogens (tertiary/aromatic N) is 2. The van der Waals surface area contributed by atoms with Gasteiger partial charge >= 0.3 is 6.18 Å². The second kappa shape index (κ2) is 9.46. The van der Waals surface area contributed by atoms with E-state index in [-0.39, 0.29) is 12.0 Å². The summed E-state index contributed by atoms with van der Waals surface area (Å²) < 4.78 is 54.3. The van der Waals surface area contributed by atoms with Gasteiger partial charge in [0.15, 0.2) is 0 Å². The summed E-state index contributed by atoms with van der Waals surface area (Å²) in [5.41, 5.74) is 0.387. The Morgan fingerprint density at radius 3 is 2.35 bits per heavy atom. The van der Waals surface area contributed by atoms with Gasteiger partial charge in [-0.3, -0.25) is 4.68 Å². The molecule has 1 saturated heterocycles. The fourth-order valence-electron chi connectivity index (χ4n) is 4.28. The number of alkyl halides is 3. The molecule has 1 aromatic carbocycles. The molecule has 1 aliphatic heterocycles. The summed E-state index contributed by atoms with van der Waals surface area (Å²) >= 11 is 0. The van der Waals surface area contributed by atoms with Crippen LogP contribution in [0.3, 0.4) is 0 Å². The van der Waals surface area contributed by atoms with E-state index in [0.29, 0.717) is 18.4 Å². The van der Waals surface area contributed by atoms with Crippen molar-refractivity contribution < 1.29 is 43.1 Å². The Balaban J connectivity index is 1.75. The molecule has 1 aromatic heterocycles. The van der Waals surface area contributed by atoms with Gasteiger partial charge in [-0.05, 0) is 36.8 Å². The quantitative estimate of drug-likeness (QED) is 0.442. The fourth-order valence-corrected chi connectivity index (χ4v) is 4.28. The van der Waals surface area contributed by atoms with Crippen LogP contribution in [0.2, 0.25) is 0 Å². The van der Waals surface area contributed by atoms with Crippen LogP contribution in [0.15, 0.2) is 24.3 Å². The lowest BCUT2D eigenvalue weighted by molar-refractivity contribution is -0.308. The number of ether oxygens (including phenoxy) is 2. The molecule has 4 N–H and O–H groups in total. The van der Waals surface area contributed by atoms with Crippen molar-refractivity contribution in [2.45, 2.75) is 75.3 Å². The largest absolute Gasteiger partial charge is 0.438 e. The maximum absolute atomic E-state index is 14.3. The predicted octanol–water partition coefficient (Wildman–Crippen LogP) is 1.96. The fraction of sp³-hybridized carbons (Fsp3) is 0.609. The molecule has 8 nitrogen and oxygen atoms in total. The lowest BCUT2D eigenvalue weighted by Gasteiger charge is -2.41. The summed E-state index contributed by atoms with van der Waals surface area (Å²) in [4.78, 5) is 0. The maximum Gasteiger partial charge on any atom is 0.433 e. The molecule has 1 aliphatic carbocycles. The van der Waals surface area contributed by atoms with E-state index in [0.717, 1.165) is 23.1 Å². The summed E-state index contributed by atoms with van der Waals surface area (Å²) in [6.07, 6.45) is -7.13. The first-order valence-corrected chi connectivity index (χ1v) is 11.3. The van der Waals surface area contributed by atoms with Gasteiger partial charge in [-0.15, -0.1) is 5.10 Å². The van der Waals surface area contributed by atoms with E-state index >= 15 is 0 Å². The lowest BCUT2D eigenvalue weighted by atomic mass is 9.93. The Morgan fingerprint density at radius 1 is 1.18 bits per heavy atom. The van der Waals surface area contributed by atoms with Crippen molar-refractivity contribution in [3.63, 3.8) is 0 Å². The van der Waals surface area contributed by atoms with E-state index in [9.17, 15) is 33.6 Å². The molecule has 0 spiro atoms. The second-order valence-electron chi connectivity index (χ2n) is 8.92. The van der Waals surface area contributed by atoms with Crippen LogP contribution in [0, 0.1) is 0 Å². The van der Waals surface area contributed by atoms with E-state index in [1.807, 2.05) is 19.1 Å². The highest BCUT2D eigenvalue weighted by atomic mass is 19.4. The summed E-state index contributed by atoms with van der Waals surface area (Å²) in [6.45, 7) is 0.667. The molecular weight excluding hydrogens is 457 g/mol. The Bertz CT molecular complexity index is 992. The highest BCUT2D eigenvalue weighted by Crippen LogP contribution is 2.44. The van der Waals surface area contributed by atoms with Crippen molar-refractivity contribution in [2.75, 3.05) is 13.2 Å². The van der Waals surface area contributed by atoms with Crippen LogP contribution in [-0.2, 0) is 23.8 Å². The van der Waals surface area contributed by atoms with Gasteiger partial charge in [-0.1, -0.05) is 31.2 Å². The zero-order valence-electron chi connectivity index (χ0n) is 18.7. The van der Waals surface area contributed by atoms with Crippen LogP contribution < -0.4 is 4.74 Å². The van der Waals surface area contributed by atoms with E-state index < -0.39 is 61.1 Å². The number of hydrogen-bond donors (Lipinski definition) is 4. The molecule has 1 saturated carbocycles. The summed E-state index contributed by atoms with van der Waals surface area (Å²) in [7, 11) is 0. The van der Waals surface area contributed by atoms with Crippen molar-refractivity contribution in [3.05, 3.63) is 46.6 Å². The number of aryl methyl sites for hydroxylation is 1. The number of rotatable bonds is 7. The Labute approximate surface area is 194 Å². The second-order valence-corrected chi connectivity index (χ2v) is 8.92. The van der Waals surface area contributed by atoms with Crippen molar-refractivity contribution in [1.82, 2.24) is 9.78 Å². The summed E-state index contributed by atoms with van der Waals surface area (Å²) in [5.74, 6) is -3.05. The smallest absolute Gasteiger partial charge is 0.433 e. The van der Waals surface area contributed by atoms with Crippen molar-refractivity contribution in [1.29, 1.82) is 0 Å². The third kappa shape index (κ3) is 4.67. The van der Waals surface area contributed by atoms with E-state index in [1.165, 1.54) is 0 Å². The van der Waals surface area contributed by atoms with Crippen LogP contribution in [0.1, 0.15) is 54.6 Å². The average molecular weight is 486 g/mol. The van der Waals surface area contributed by atoms with Gasteiger partial charge < -0.3 is 29.9 Å². The van der Waals surface area contributed by atoms with Crippen molar-refractivity contribution in [3.8, 4) is 5.88 Å². The molecular formula is C23H29F3N2O6. The normalized spacial score (nSPS) is 28.1. The minimum Gasteiger partial charge on any atom is -0.438 e. The molecule has 2 aliphatic rings. The predicted molar refractivity (Wildman–Crippen MR) is 113 cm³/mol. The number of aliphatic hydroxyl groups excluding tert-OH is 3. The highest BCUT2D eigenvalue weighted by Gasteiger charge is 2.52. The molecule has 2 fully saturated rings. The molecule has 0 amide bonds. The van der Waals surface area contributed by atoms with E-state index in [2.05, 4.69) is 5.10 Å². The third-order valence-corrected chi connectivity index (χ3v) is 6.60. The summed E-state index contributed by atoms with van der Waals surface area (Å²) in [6, 6.07) is 6.66. The average Bonchev–Trinajstić information content (AvgIpc) is 3.09. The first-order valence-electron chi connectivity index (χ1n) is 11.3. The molecule has 2 heterocycles. The first kappa shape index (κ1) is 24.9. The third-order valence-electron chi connectivity index (χ3n) is 6.60. The molecule has 0 radical (unpaired) electrons. The zero-order valence-corrected chi connectivity index (χ0v) is 18.7. The molecule has 4 rings (SSSR count). The van der Waals surface area contributed by atoms with Gasteiger partial charge in [-0.25, -0.2) is 0 Å². The number of benzene rings is 1. The van der Waals surface area contributed by atoms with Crippen LogP contribution in [0.5, 0.6) is 5.88 Å². The van der Waals surface area contributed by atoms with Crippen LogP contribution in [0.25, 0.3) is 0 Å². The standard InChI is InChI=1S/C23H29F3N2O6/c1-2-13-6-8-14(9-7-13)10-16-19(23(24,25)26)28(15-4-3-5-15)27-21(16)34-22(32)12-33-17(11-29)18(30)20(22)31/h6-9,15,17-18,20,29-32H,2-5,10-12H2,1H3. The Kier molecular flexibility index (Phi) is 6.94. The van der Waals surface area contributed by atoms with Gasteiger partial charge in [0.2, 0.25) is 5.88 Å². The maximum atomic E-state index is 14.3. The van der Waals surface area contributed by atoms with Gasteiger partial charge in [0.1, 0.15) is 30.6 Å². The van der Waals surface area contributed by atoms with Crippen LogP contribution in [0.4, 0.5) is 13.2 Å². The lowest BCUT2D eigenvalue weighted by Crippen LogP contribution is -2.64. The van der Waals surface area contributed by atoms with Gasteiger partial charge in [0.25, 0.3) is 5.79 Å². The SMILES string of the molecule is CCc1ccc(Cc2c(OC3(O)COC(CO)C(O)C3O)nn(C3CCC3)c2C(F)(F)F)cc1. The Morgan fingerprint density at radius 2 is 1.82 bits per heavy atom. The molecule has 34 heavy (non-hydrogen) atoms. The van der Waals surface area contributed by atoms with Gasteiger partial charge in [0.05, 0.1) is 18.2 Å². The van der Waals surface area contributed by atoms with Crippen LogP contribution >= 0.6 is 0 Å². The van der Waals surface area contributed by atoms with E-state index in [1.54, 1.807) is 12.1 Å². The number of hydrogen-bond acceptors (Lipinski definition) is 7. The molecule has 4 atom stereocenters. The Hall–Kier alpha value is -2.18. The summed E-state index contributed by atoms with van der Waals surface area (Å²) in [5, 5.41) is 44.8. The minimum atomic E-state index is -4.74. The molecule has 2 aromatic rings. The molecule has 0 bridgehead atoms. The monoisotopic (exact) mass is 486 g/mol. The number of halogens is 3. The van der Waals surface area contributed by atoms with Crippen molar-refractivity contribution in [2.24, 2.45) is 0 Å². The van der Waals surface area contributed by atoms with Crippen molar-refractivity contribution >= 4 is 0 Å². The molecule has 188 valence electrons. The first-order chi connectivity index (χ1) is 16.1. The van der Waals surface area contributed by atoms with Gasteiger partial charge in [-0.2, -0.15) is 13.2 Å². The topological polar surface area (TPSA) is 117 Å². The molecule has 4 unspecified atom stereocenters.